The number of hydrogen-bond acceptors (Lipinski definition) is 3. The molecule has 114 valence electrons. The van der Waals surface area contributed by atoms with Crippen molar-refractivity contribution in [3.8, 4) is 0 Å². The zero-order valence-electron chi connectivity index (χ0n) is 12.0. The molecule has 0 aromatic heterocycles. The molecule has 0 aliphatic heterocycles. The maximum absolute atomic E-state index is 12.2. The van der Waals surface area contributed by atoms with Gasteiger partial charge in [-0.15, -0.1) is 0 Å². The summed E-state index contributed by atoms with van der Waals surface area (Å²) in [6, 6.07) is 7.03. The zero-order chi connectivity index (χ0) is 15.2. The van der Waals surface area contributed by atoms with Gasteiger partial charge in [0, 0.05) is 11.6 Å². The molecule has 5 heteroatoms. The molecular formula is C16H22N2O3. The molecule has 1 aliphatic rings. The van der Waals surface area contributed by atoms with Crippen LogP contribution in [0.15, 0.2) is 24.3 Å². The van der Waals surface area contributed by atoms with E-state index in [4.69, 9.17) is 5.73 Å². The second-order valence-electron chi connectivity index (χ2n) is 5.54. The van der Waals surface area contributed by atoms with Crippen LogP contribution in [0.1, 0.15) is 41.6 Å². The Bertz CT molecular complexity index is 499. The fourth-order valence-corrected chi connectivity index (χ4v) is 2.84. The predicted molar refractivity (Wildman–Crippen MR) is 80.0 cm³/mol. The lowest BCUT2D eigenvalue weighted by Gasteiger charge is -2.29. The van der Waals surface area contributed by atoms with Gasteiger partial charge in [-0.1, -0.05) is 25.0 Å². The Hall–Kier alpha value is -1.88. The zero-order valence-corrected chi connectivity index (χ0v) is 12.0. The fraction of sp³-hybridized carbons (Fsp3) is 0.500. The summed E-state index contributed by atoms with van der Waals surface area (Å²) >= 11 is 0. The number of hydrogen-bond donors (Lipinski definition) is 3. The second kappa shape index (κ2) is 7.22. The van der Waals surface area contributed by atoms with Gasteiger partial charge in [0.15, 0.2) is 0 Å². The summed E-state index contributed by atoms with van der Waals surface area (Å²) < 4.78 is 0. The molecule has 0 saturated heterocycles. The molecule has 0 radical (unpaired) electrons. The number of carboxylic acid groups (broad SMARTS) is 1. The molecule has 21 heavy (non-hydrogen) atoms. The molecular weight excluding hydrogens is 268 g/mol. The van der Waals surface area contributed by atoms with E-state index in [1.807, 2.05) is 12.1 Å². The molecule has 2 atom stereocenters. The molecule has 0 spiro atoms. The third-order valence-electron chi connectivity index (χ3n) is 4.05. The molecule has 1 fully saturated rings. The average molecular weight is 290 g/mol. The molecule has 1 aromatic rings. The van der Waals surface area contributed by atoms with E-state index in [0.29, 0.717) is 18.5 Å². The van der Waals surface area contributed by atoms with Crippen molar-refractivity contribution in [2.45, 2.75) is 38.1 Å². The summed E-state index contributed by atoms with van der Waals surface area (Å²) in [4.78, 5) is 23.5. The van der Waals surface area contributed by atoms with E-state index in [-0.39, 0.29) is 11.9 Å². The van der Waals surface area contributed by atoms with Crippen molar-refractivity contribution in [1.82, 2.24) is 5.32 Å². The number of carbonyl (C=O) groups is 2. The minimum atomic E-state index is -0.821. The highest BCUT2D eigenvalue weighted by Gasteiger charge is 2.31. The first-order chi connectivity index (χ1) is 10.1. The number of aliphatic carboxylic acids is 1. The molecule has 0 heterocycles. The number of amides is 1. The SMILES string of the molecule is NCCc1ccc(C(=O)NC2CCCCC2C(=O)O)cc1. The monoisotopic (exact) mass is 290 g/mol. The summed E-state index contributed by atoms with van der Waals surface area (Å²) in [5.41, 5.74) is 7.14. The Morgan fingerprint density at radius 3 is 2.48 bits per heavy atom. The first kappa shape index (κ1) is 15.5. The Labute approximate surface area is 124 Å². The van der Waals surface area contributed by atoms with Crippen LogP contribution in [0, 0.1) is 5.92 Å². The molecule has 4 N–H and O–H groups in total. The van der Waals surface area contributed by atoms with Crippen LogP contribution in [-0.4, -0.2) is 29.6 Å². The molecule has 1 saturated carbocycles. The standard InChI is InChI=1S/C16H22N2O3/c17-10-9-11-5-7-12(8-6-11)15(19)18-14-4-2-1-3-13(14)16(20)21/h5-8,13-14H,1-4,9-10,17H2,(H,18,19)(H,20,21). The first-order valence-electron chi connectivity index (χ1n) is 7.44. The van der Waals surface area contributed by atoms with Gasteiger partial charge >= 0.3 is 5.97 Å². The van der Waals surface area contributed by atoms with Crippen molar-refractivity contribution in [3.63, 3.8) is 0 Å². The van der Waals surface area contributed by atoms with Crippen LogP contribution in [0.2, 0.25) is 0 Å². The van der Waals surface area contributed by atoms with E-state index >= 15 is 0 Å². The van der Waals surface area contributed by atoms with Crippen LogP contribution in [0.3, 0.4) is 0 Å². The number of carbonyl (C=O) groups excluding carboxylic acids is 1. The van der Waals surface area contributed by atoms with Crippen molar-refractivity contribution < 1.29 is 14.7 Å². The van der Waals surface area contributed by atoms with Crippen molar-refractivity contribution >= 4 is 11.9 Å². The lowest BCUT2D eigenvalue weighted by molar-refractivity contribution is -0.143. The van der Waals surface area contributed by atoms with Crippen LogP contribution >= 0.6 is 0 Å². The maximum Gasteiger partial charge on any atom is 0.308 e. The third kappa shape index (κ3) is 4.04. The van der Waals surface area contributed by atoms with E-state index in [9.17, 15) is 14.7 Å². The van der Waals surface area contributed by atoms with Crippen LogP contribution in [0.25, 0.3) is 0 Å². The van der Waals surface area contributed by atoms with E-state index < -0.39 is 11.9 Å². The van der Waals surface area contributed by atoms with Gasteiger partial charge in [0.05, 0.1) is 5.92 Å². The molecule has 2 unspecified atom stereocenters. The first-order valence-corrected chi connectivity index (χ1v) is 7.44. The van der Waals surface area contributed by atoms with Crippen LogP contribution < -0.4 is 11.1 Å². The minimum Gasteiger partial charge on any atom is -0.481 e. The molecule has 5 nitrogen and oxygen atoms in total. The summed E-state index contributed by atoms with van der Waals surface area (Å²) in [6.45, 7) is 0.577. The minimum absolute atomic E-state index is 0.201. The van der Waals surface area contributed by atoms with Gasteiger partial charge in [-0.25, -0.2) is 0 Å². The maximum atomic E-state index is 12.2. The summed E-state index contributed by atoms with van der Waals surface area (Å²) in [5.74, 6) is -1.50. The van der Waals surface area contributed by atoms with Crippen LogP contribution in [-0.2, 0) is 11.2 Å². The number of nitrogens with one attached hydrogen (secondary N) is 1. The highest BCUT2D eigenvalue weighted by Crippen LogP contribution is 2.25. The van der Waals surface area contributed by atoms with E-state index in [2.05, 4.69) is 5.32 Å². The van der Waals surface area contributed by atoms with Gasteiger partial charge < -0.3 is 16.2 Å². The fourth-order valence-electron chi connectivity index (χ4n) is 2.84. The van der Waals surface area contributed by atoms with E-state index in [1.54, 1.807) is 12.1 Å². The van der Waals surface area contributed by atoms with Crippen molar-refractivity contribution in [2.24, 2.45) is 11.7 Å². The van der Waals surface area contributed by atoms with Gasteiger partial charge in [0.25, 0.3) is 5.91 Å². The third-order valence-corrected chi connectivity index (χ3v) is 4.05. The van der Waals surface area contributed by atoms with Gasteiger partial charge in [-0.2, -0.15) is 0 Å². The molecule has 2 rings (SSSR count). The van der Waals surface area contributed by atoms with Crippen LogP contribution in [0.4, 0.5) is 0 Å². The molecule has 1 aromatic carbocycles. The summed E-state index contributed by atoms with van der Waals surface area (Å²) in [7, 11) is 0. The Balaban J connectivity index is 2.00. The predicted octanol–water partition coefficient (Wildman–Crippen LogP) is 1.56. The smallest absolute Gasteiger partial charge is 0.308 e. The lowest BCUT2D eigenvalue weighted by Crippen LogP contribution is -2.45. The largest absolute Gasteiger partial charge is 0.481 e. The topological polar surface area (TPSA) is 92.4 Å². The Kier molecular flexibility index (Phi) is 5.33. The highest BCUT2D eigenvalue weighted by atomic mass is 16.4. The Morgan fingerprint density at radius 2 is 1.86 bits per heavy atom. The molecule has 0 bridgehead atoms. The Morgan fingerprint density at radius 1 is 1.19 bits per heavy atom. The summed E-state index contributed by atoms with van der Waals surface area (Å²) in [6.07, 6.45) is 4.02. The van der Waals surface area contributed by atoms with Gasteiger partial charge in [-0.3, -0.25) is 9.59 Å². The van der Waals surface area contributed by atoms with Gasteiger partial charge in [0.1, 0.15) is 0 Å². The van der Waals surface area contributed by atoms with Crippen LogP contribution in [0.5, 0.6) is 0 Å². The van der Waals surface area contributed by atoms with Crippen molar-refractivity contribution in [2.75, 3.05) is 6.54 Å². The van der Waals surface area contributed by atoms with Crippen molar-refractivity contribution in [3.05, 3.63) is 35.4 Å². The molecule has 1 aliphatic carbocycles. The number of carboxylic acids is 1. The van der Waals surface area contributed by atoms with E-state index in [1.165, 1.54) is 0 Å². The number of rotatable bonds is 5. The van der Waals surface area contributed by atoms with Gasteiger partial charge in [-0.05, 0) is 43.5 Å². The lowest BCUT2D eigenvalue weighted by atomic mass is 9.84. The number of benzene rings is 1. The molecule has 1 amide bonds. The average Bonchev–Trinajstić information content (AvgIpc) is 2.48. The highest BCUT2D eigenvalue weighted by molar-refractivity contribution is 5.94. The van der Waals surface area contributed by atoms with Gasteiger partial charge in [0.2, 0.25) is 0 Å². The van der Waals surface area contributed by atoms with E-state index in [0.717, 1.165) is 31.2 Å². The summed E-state index contributed by atoms with van der Waals surface area (Å²) in [5, 5.41) is 12.1. The van der Waals surface area contributed by atoms with Crippen molar-refractivity contribution in [1.29, 1.82) is 0 Å². The number of nitrogens with two attached hydrogens (primary N) is 1. The second-order valence-corrected chi connectivity index (χ2v) is 5.54. The normalized spacial score (nSPS) is 21.8. The quantitative estimate of drug-likeness (QED) is 0.767.